The zero-order valence-electron chi connectivity index (χ0n) is 9.83. The van der Waals surface area contributed by atoms with Gasteiger partial charge < -0.3 is 0 Å². The van der Waals surface area contributed by atoms with Crippen LogP contribution in [0.15, 0.2) is 42.7 Å². The molecule has 4 heteroatoms. The van der Waals surface area contributed by atoms with E-state index in [0.29, 0.717) is 5.69 Å². The Morgan fingerprint density at radius 2 is 1.83 bits per heavy atom. The molecule has 0 atom stereocenters. The van der Waals surface area contributed by atoms with Gasteiger partial charge in [0.1, 0.15) is 11.4 Å². The molecule has 0 aliphatic rings. The lowest BCUT2D eigenvalue weighted by atomic mass is 10.3. The molecule has 0 saturated carbocycles. The van der Waals surface area contributed by atoms with E-state index in [1.807, 2.05) is 43.5 Å². The van der Waals surface area contributed by atoms with Gasteiger partial charge in [0.2, 0.25) is 0 Å². The van der Waals surface area contributed by atoms with Gasteiger partial charge in [0.15, 0.2) is 5.65 Å². The quantitative estimate of drug-likeness (QED) is 0.557. The van der Waals surface area contributed by atoms with Gasteiger partial charge in [-0.05, 0) is 37.0 Å². The predicted molar refractivity (Wildman–Crippen MR) is 67.9 cm³/mol. The van der Waals surface area contributed by atoms with Crippen molar-refractivity contribution in [3.8, 4) is 11.8 Å². The van der Waals surface area contributed by atoms with Crippen LogP contribution in [0.2, 0.25) is 0 Å². The molecule has 0 aromatic carbocycles. The standard InChI is InChI=1S/C14H10N4/c1-11-3-2-4-12(16-11)5-6-13-8-10-18-14(17-13)7-9-15-18/h2-4,7-10H,1H3. The van der Waals surface area contributed by atoms with E-state index in [-0.39, 0.29) is 0 Å². The molecule has 0 amide bonds. The number of rotatable bonds is 0. The second-order valence-corrected chi connectivity index (χ2v) is 3.86. The first-order valence-corrected chi connectivity index (χ1v) is 5.57. The Bertz CT molecular complexity index is 762. The monoisotopic (exact) mass is 234 g/mol. The van der Waals surface area contributed by atoms with Crippen LogP contribution < -0.4 is 0 Å². The summed E-state index contributed by atoms with van der Waals surface area (Å²) < 4.78 is 1.70. The highest BCUT2D eigenvalue weighted by Gasteiger charge is 1.95. The molecule has 0 radical (unpaired) electrons. The van der Waals surface area contributed by atoms with Crippen LogP contribution >= 0.6 is 0 Å². The van der Waals surface area contributed by atoms with Gasteiger partial charge in [0.05, 0.1) is 6.20 Å². The highest BCUT2D eigenvalue weighted by molar-refractivity contribution is 5.42. The number of hydrogen-bond acceptors (Lipinski definition) is 3. The zero-order chi connectivity index (χ0) is 12.4. The fourth-order valence-corrected chi connectivity index (χ4v) is 1.62. The van der Waals surface area contributed by atoms with Crippen LogP contribution in [0.25, 0.3) is 5.65 Å². The molecule has 3 aromatic heterocycles. The van der Waals surface area contributed by atoms with Crippen molar-refractivity contribution in [1.82, 2.24) is 19.6 Å². The van der Waals surface area contributed by atoms with E-state index in [9.17, 15) is 0 Å². The smallest absolute Gasteiger partial charge is 0.156 e. The van der Waals surface area contributed by atoms with E-state index < -0.39 is 0 Å². The largest absolute Gasteiger partial charge is 0.245 e. The zero-order valence-corrected chi connectivity index (χ0v) is 9.83. The summed E-state index contributed by atoms with van der Waals surface area (Å²) in [7, 11) is 0. The van der Waals surface area contributed by atoms with E-state index in [1.54, 1.807) is 10.7 Å². The Morgan fingerprint density at radius 3 is 2.67 bits per heavy atom. The summed E-state index contributed by atoms with van der Waals surface area (Å²) in [5, 5.41) is 4.08. The van der Waals surface area contributed by atoms with Crippen molar-refractivity contribution in [2.75, 3.05) is 0 Å². The van der Waals surface area contributed by atoms with Crippen LogP contribution in [-0.2, 0) is 0 Å². The normalized spacial score (nSPS) is 10.1. The van der Waals surface area contributed by atoms with Gasteiger partial charge in [-0.25, -0.2) is 14.5 Å². The number of fused-ring (bicyclic) bond motifs is 1. The van der Waals surface area contributed by atoms with Crippen LogP contribution in [-0.4, -0.2) is 19.6 Å². The van der Waals surface area contributed by atoms with Gasteiger partial charge in [-0.2, -0.15) is 5.10 Å². The molecule has 3 rings (SSSR count). The van der Waals surface area contributed by atoms with E-state index in [4.69, 9.17) is 0 Å². The average molecular weight is 234 g/mol. The first kappa shape index (κ1) is 10.5. The van der Waals surface area contributed by atoms with Crippen molar-refractivity contribution in [2.24, 2.45) is 0 Å². The maximum Gasteiger partial charge on any atom is 0.156 e. The third-order valence-electron chi connectivity index (χ3n) is 2.46. The Morgan fingerprint density at radius 1 is 1.00 bits per heavy atom. The summed E-state index contributed by atoms with van der Waals surface area (Å²) >= 11 is 0. The van der Waals surface area contributed by atoms with Crippen molar-refractivity contribution < 1.29 is 0 Å². The summed E-state index contributed by atoms with van der Waals surface area (Å²) in [4.78, 5) is 8.69. The Hall–Kier alpha value is -2.67. The van der Waals surface area contributed by atoms with Crippen molar-refractivity contribution in [1.29, 1.82) is 0 Å². The minimum absolute atomic E-state index is 0.714. The third kappa shape index (κ3) is 2.06. The van der Waals surface area contributed by atoms with Crippen molar-refractivity contribution in [3.05, 3.63) is 59.8 Å². The third-order valence-corrected chi connectivity index (χ3v) is 2.46. The first-order chi connectivity index (χ1) is 8.81. The van der Waals surface area contributed by atoms with Gasteiger partial charge >= 0.3 is 0 Å². The molecule has 0 unspecified atom stereocenters. The molecule has 0 bridgehead atoms. The summed E-state index contributed by atoms with van der Waals surface area (Å²) in [5.41, 5.74) is 3.22. The molecule has 0 spiro atoms. The first-order valence-electron chi connectivity index (χ1n) is 5.57. The van der Waals surface area contributed by atoms with Gasteiger partial charge in [0, 0.05) is 18.0 Å². The second-order valence-electron chi connectivity index (χ2n) is 3.86. The molecule has 86 valence electrons. The Balaban J connectivity index is 1.97. The molecule has 0 N–H and O–H groups in total. The number of aryl methyl sites for hydroxylation is 1. The van der Waals surface area contributed by atoms with Crippen LogP contribution in [0.3, 0.4) is 0 Å². The fraction of sp³-hybridized carbons (Fsp3) is 0.0714. The molecular weight excluding hydrogens is 224 g/mol. The molecule has 18 heavy (non-hydrogen) atoms. The minimum Gasteiger partial charge on any atom is -0.245 e. The van der Waals surface area contributed by atoms with Gasteiger partial charge in [-0.1, -0.05) is 6.07 Å². The lowest BCUT2D eigenvalue weighted by Crippen LogP contribution is -1.91. The van der Waals surface area contributed by atoms with Crippen LogP contribution in [0.1, 0.15) is 17.1 Å². The van der Waals surface area contributed by atoms with Crippen molar-refractivity contribution >= 4 is 5.65 Å². The Kier molecular flexibility index (Phi) is 2.50. The number of nitrogens with zero attached hydrogens (tertiary/aromatic N) is 4. The molecule has 3 heterocycles. The topological polar surface area (TPSA) is 43.1 Å². The highest BCUT2D eigenvalue weighted by atomic mass is 15.2. The second kappa shape index (κ2) is 4.30. The van der Waals surface area contributed by atoms with Crippen LogP contribution in [0, 0.1) is 18.8 Å². The van der Waals surface area contributed by atoms with Gasteiger partial charge in [-0.15, -0.1) is 0 Å². The maximum absolute atomic E-state index is 4.37. The predicted octanol–water partition coefficient (Wildman–Crippen LogP) is 1.83. The number of pyridine rings is 1. The van der Waals surface area contributed by atoms with Crippen LogP contribution in [0.5, 0.6) is 0 Å². The molecule has 0 saturated heterocycles. The summed E-state index contributed by atoms with van der Waals surface area (Å²) in [6, 6.07) is 9.46. The lowest BCUT2D eigenvalue weighted by molar-refractivity contribution is 0.936. The van der Waals surface area contributed by atoms with E-state index in [2.05, 4.69) is 26.9 Å². The average Bonchev–Trinajstić information content (AvgIpc) is 2.84. The van der Waals surface area contributed by atoms with E-state index in [1.165, 1.54) is 0 Å². The van der Waals surface area contributed by atoms with Crippen molar-refractivity contribution in [3.63, 3.8) is 0 Å². The summed E-state index contributed by atoms with van der Waals surface area (Å²) in [6.07, 6.45) is 3.55. The van der Waals surface area contributed by atoms with Crippen LogP contribution in [0.4, 0.5) is 0 Å². The summed E-state index contributed by atoms with van der Waals surface area (Å²) in [5.74, 6) is 6.01. The molecule has 0 aliphatic carbocycles. The van der Waals surface area contributed by atoms with Gasteiger partial charge in [0.25, 0.3) is 0 Å². The van der Waals surface area contributed by atoms with E-state index in [0.717, 1.165) is 17.0 Å². The SMILES string of the molecule is Cc1cccc(C#Cc2ccn3nccc3n2)n1. The molecule has 0 aliphatic heterocycles. The number of hydrogen-bond donors (Lipinski definition) is 0. The summed E-state index contributed by atoms with van der Waals surface area (Å²) in [6.45, 7) is 1.95. The van der Waals surface area contributed by atoms with Crippen molar-refractivity contribution in [2.45, 2.75) is 6.92 Å². The number of aromatic nitrogens is 4. The highest BCUT2D eigenvalue weighted by Crippen LogP contribution is 2.00. The maximum atomic E-state index is 4.37. The molecular formula is C14H10N4. The Labute approximate surface area is 104 Å². The minimum atomic E-state index is 0.714. The van der Waals surface area contributed by atoms with E-state index >= 15 is 0 Å². The molecule has 0 fully saturated rings. The molecule has 3 aromatic rings. The lowest BCUT2D eigenvalue weighted by Gasteiger charge is -1.93. The van der Waals surface area contributed by atoms with Gasteiger partial charge in [-0.3, -0.25) is 0 Å². The fourth-order valence-electron chi connectivity index (χ4n) is 1.62. The molecule has 4 nitrogen and oxygen atoms in total.